The number of anilines is 2. The second kappa shape index (κ2) is 14.3. The van der Waals surface area contributed by atoms with Gasteiger partial charge in [-0.3, -0.25) is 30.2 Å². The molecule has 4 aliphatic rings. The Labute approximate surface area is 301 Å². The molecule has 3 aromatic heterocycles. The van der Waals surface area contributed by atoms with E-state index < -0.39 is 0 Å². The number of piperidine rings is 2. The number of rotatable bonds is 8. The lowest BCUT2D eigenvalue weighted by molar-refractivity contribution is -0.134. The van der Waals surface area contributed by atoms with Crippen LogP contribution in [0.5, 0.6) is 0 Å². The fraction of sp³-hybridized carbons (Fsp3) is 0.405. The Bertz CT molecular complexity index is 2010. The zero-order valence-corrected chi connectivity index (χ0v) is 29.4. The van der Waals surface area contributed by atoms with Crippen molar-refractivity contribution in [3.8, 4) is 17.5 Å². The van der Waals surface area contributed by atoms with Crippen molar-refractivity contribution in [2.75, 3.05) is 63.1 Å². The summed E-state index contributed by atoms with van der Waals surface area (Å²) in [7, 11) is 1.91. The normalized spacial score (nSPS) is 22.0. The molecule has 3 N–H and O–H groups in total. The second-order valence-corrected chi connectivity index (χ2v) is 14.7. The molecule has 0 radical (unpaired) electrons. The van der Waals surface area contributed by atoms with Crippen LogP contribution in [0.3, 0.4) is 0 Å². The van der Waals surface area contributed by atoms with Crippen molar-refractivity contribution < 1.29 is 9.59 Å². The number of nitriles is 1. The Balaban J connectivity index is 0.804. The first-order valence-corrected chi connectivity index (χ1v) is 18.5. The number of piperazine rings is 1. The minimum Gasteiger partial charge on any atom is -0.387 e. The lowest BCUT2D eigenvalue weighted by Crippen LogP contribution is -2.53. The predicted octanol–water partition coefficient (Wildman–Crippen LogP) is 3.65. The van der Waals surface area contributed by atoms with Crippen LogP contribution in [0.15, 0.2) is 66.0 Å². The number of aromatic nitrogens is 3. The van der Waals surface area contributed by atoms with Gasteiger partial charge >= 0.3 is 0 Å². The second-order valence-electron chi connectivity index (χ2n) is 13.7. The summed E-state index contributed by atoms with van der Waals surface area (Å²) in [6, 6.07) is 18.3. The van der Waals surface area contributed by atoms with E-state index in [1.807, 2.05) is 37.5 Å². The molecule has 14 heteroatoms. The van der Waals surface area contributed by atoms with Gasteiger partial charge in [0.2, 0.25) is 11.8 Å². The third-order valence-corrected chi connectivity index (χ3v) is 11.7. The van der Waals surface area contributed by atoms with Gasteiger partial charge in [0.05, 0.1) is 40.1 Å². The van der Waals surface area contributed by atoms with Crippen molar-refractivity contribution >= 4 is 45.5 Å². The Morgan fingerprint density at radius 1 is 0.980 bits per heavy atom. The van der Waals surface area contributed by atoms with Gasteiger partial charge in [-0.1, -0.05) is 23.9 Å². The molecule has 0 bridgehead atoms. The van der Waals surface area contributed by atoms with Crippen LogP contribution in [0.4, 0.5) is 11.4 Å². The smallest absolute Gasteiger partial charge is 0.234 e. The highest BCUT2D eigenvalue weighted by Crippen LogP contribution is 2.33. The van der Waals surface area contributed by atoms with Crippen LogP contribution in [0.2, 0.25) is 0 Å². The number of benzene rings is 1. The molecular formula is C37H41N11O2S. The van der Waals surface area contributed by atoms with E-state index in [-0.39, 0.29) is 23.2 Å². The SMILES string of the molecule is CNc1cc(-c2ccc3cc(C#N)cnn23)ncc1C1=NNC(N2CCN(CC3CCN(c4ccc(C5CCC(=O)NC5=O)cc4)CC3)CC2)S1. The number of hydrogen-bond acceptors (Lipinski definition) is 12. The van der Waals surface area contributed by atoms with Crippen LogP contribution in [0.1, 0.15) is 48.3 Å². The fourth-order valence-electron chi connectivity index (χ4n) is 7.63. The number of nitrogens with zero attached hydrogens (tertiary/aromatic N) is 8. The lowest BCUT2D eigenvalue weighted by Gasteiger charge is -2.40. The molecule has 2 amide bonds. The van der Waals surface area contributed by atoms with E-state index >= 15 is 0 Å². The van der Waals surface area contributed by atoms with Gasteiger partial charge < -0.3 is 15.1 Å². The molecule has 8 rings (SSSR count). The molecule has 0 saturated carbocycles. The van der Waals surface area contributed by atoms with E-state index in [4.69, 9.17) is 10.1 Å². The Hall–Kier alpha value is -4.97. The summed E-state index contributed by atoms with van der Waals surface area (Å²) in [5.74, 6) is 0.0969. The van der Waals surface area contributed by atoms with E-state index in [1.165, 1.54) is 18.5 Å². The Morgan fingerprint density at radius 3 is 2.53 bits per heavy atom. The first-order valence-electron chi connectivity index (χ1n) is 17.7. The van der Waals surface area contributed by atoms with Gasteiger partial charge in [-0.2, -0.15) is 15.5 Å². The highest BCUT2D eigenvalue weighted by molar-refractivity contribution is 8.15. The average Bonchev–Trinajstić information content (AvgIpc) is 3.83. The van der Waals surface area contributed by atoms with Crippen LogP contribution < -0.4 is 21.0 Å². The van der Waals surface area contributed by atoms with Gasteiger partial charge in [-0.15, -0.1) is 0 Å². The van der Waals surface area contributed by atoms with Crippen LogP contribution in [-0.4, -0.2) is 99.6 Å². The number of hydrazone groups is 1. The molecule has 1 aromatic carbocycles. The van der Waals surface area contributed by atoms with Crippen molar-refractivity contribution in [1.29, 1.82) is 5.26 Å². The molecule has 3 fully saturated rings. The Kier molecular flexibility index (Phi) is 9.33. The highest BCUT2D eigenvalue weighted by Gasteiger charge is 2.32. The van der Waals surface area contributed by atoms with Crippen molar-refractivity contribution in [3.63, 3.8) is 0 Å². The fourth-order valence-corrected chi connectivity index (χ4v) is 8.70. The first kappa shape index (κ1) is 33.2. The summed E-state index contributed by atoms with van der Waals surface area (Å²) >= 11 is 1.73. The van der Waals surface area contributed by atoms with Crippen molar-refractivity contribution in [1.82, 2.24) is 35.1 Å². The number of nitrogens with one attached hydrogen (secondary N) is 3. The number of amides is 2. The number of thioether (sulfide) groups is 1. The number of pyridine rings is 1. The standard InChI is InChI=1S/C37H41N11O2S/c1-39-31-19-32(33-8-6-28-18-25(20-38)21-41-48(28)33)40-22-30(31)36-43-44-37(51-36)47-16-14-45(15-17-47)23-24-10-12-46(13-11-24)27-4-2-26(3-5-27)29-7-9-34(49)42-35(29)50/h2-6,8,18-19,21-22,24,29,37,44H,7,9-17,23H2,1H3,(H,39,40)(H,42,49,50). The maximum atomic E-state index is 12.3. The molecule has 51 heavy (non-hydrogen) atoms. The topological polar surface area (TPSA) is 146 Å². The van der Waals surface area contributed by atoms with Gasteiger partial charge in [-0.05, 0) is 67.1 Å². The number of carbonyl (C=O) groups is 2. The summed E-state index contributed by atoms with van der Waals surface area (Å²) in [5, 5.41) is 25.1. The van der Waals surface area contributed by atoms with E-state index in [0.29, 0.717) is 24.3 Å². The molecule has 0 aliphatic carbocycles. The van der Waals surface area contributed by atoms with Crippen LogP contribution in [0.25, 0.3) is 16.9 Å². The quantitative estimate of drug-likeness (QED) is 0.231. The summed E-state index contributed by atoms with van der Waals surface area (Å²) in [6.07, 6.45) is 6.77. The largest absolute Gasteiger partial charge is 0.387 e. The maximum Gasteiger partial charge on any atom is 0.234 e. The summed E-state index contributed by atoms with van der Waals surface area (Å²) in [4.78, 5) is 36.1. The van der Waals surface area contributed by atoms with E-state index in [2.05, 4.69) is 66.2 Å². The van der Waals surface area contributed by atoms with Gasteiger partial charge in [0.25, 0.3) is 0 Å². The molecule has 2 unspecified atom stereocenters. The molecule has 262 valence electrons. The van der Waals surface area contributed by atoms with Crippen LogP contribution in [0, 0.1) is 17.2 Å². The zero-order valence-electron chi connectivity index (χ0n) is 28.6. The molecule has 4 aromatic rings. The van der Waals surface area contributed by atoms with Crippen molar-refractivity contribution in [2.45, 2.75) is 37.1 Å². The number of carbonyl (C=O) groups excluding carboxylic acids is 2. The van der Waals surface area contributed by atoms with Gasteiger partial charge in [-0.25, -0.2) is 4.52 Å². The molecular weight excluding hydrogens is 663 g/mol. The van der Waals surface area contributed by atoms with E-state index in [1.54, 1.807) is 22.5 Å². The van der Waals surface area contributed by atoms with Crippen LogP contribution in [-0.2, 0) is 9.59 Å². The van der Waals surface area contributed by atoms with Gasteiger partial charge in [0.1, 0.15) is 16.6 Å². The third kappa shape index (κ3) is 6.89. The summed E-state index contributed by atoms with van der Waals surface area (Å²) < 4.78 is 1.80. The molecule has 3 saturated heterocycles. The number of imide groups is 1. The molecule has 4 aliphatic heterocycles. The summed E-state index contributed by atoms with van der Waals surface area (Å²) in [6.45, 7) is 7.29. The minimum absolute atomic E-state index is 0.0873. The van der Waals surface area contributed by atoms with Gasteiger partial charge in [0.15, 0.2) is 0 Å². The van der Waals surface area contributed by atoms with E-state index in [0.717, 1.165) is 84.6 Å². The monoisotopic (exact) mass is 703 g/mol. The van der Waals surface area contributed by atoms with Crippen molar-refractivity contribution in [2.24, 2.45) is 11.0 Å². The zero-order chi connectivity index (χ0) is 34.9. The number of fused-ring (bicyclic) bond motifs is 1. The van der Waals surface area contributed by atoms with E-state index in [9.17, 15) is 14.9 Å². The average molecular weight is 704 g/mol. The lowest BCUT2D eigenvalue weighted by atomic mass is 9.90. The molecule has 13 nitrogen and oxygen atoms in total. The highest BCUT2D eigenvalue weighted by atomic mass is 32.2. The number of hydrogen-bond donors (Lipinski definition) is 3. The van der Waals surface area contributed by atoms with Crippen molar-refractivity contribution in [3.05, 3.63) is 77.6 Å². The predicted molar refractivity (Wildman–Crippen MR) is 198 cm³/mol. The third-order valence-electron chi connectivity index (χ3n) is 10.6. The Morgan fingerprint density at radius 2 is 1.78 bits per heavy atom. The summed E-state index contributed by atoms with van der Waals surface area (Å²) in [5.41, 5.74) is 10.6. The van der Waals surface area contributed by atoms with Crippen LogP contribution >= 0.6 is 11.8 Å². The minimum atomic E-state index is -0.237. The molecule has 2 atom stereocenters. The molecule has 0 spiro atoms. The molecule has 7 heterocycles. The van der Waals surface area contributed by atoms with Gasteiger partial charge in [0, 0.05) is 76.9 Å². The first-order chi connectivity index (χ1) is 24.9. The maximum absolute atomic E-state index is 12.3.